The molecule has 0 spiro atoms. The SMILES string of the molecule is COc1cccc(Cn2nnc3cc(C(=O)Nc4ccc(C)cc4C)ccc32)c1. The quantitative estimate of drug-likeness (QED) is 0.553. The van der Waals surface area contributed by atoms with E-state index in [9.17, 15) is 4.79 Å². The summed E-state index contributed by atoms with van der Waals surface area (Å²) in [5.74, 6) is 0.637. The molecule has 0 saturated carbocycles. The Morgan fingerprint density at radius 3 is 2.72 bits per heavy atom. The molecule has 0 saturated heterocycles. The van der Waals surface area contributed by atoms with Crippen molar-refractivity contribution in [1.29, 1.82) is 0 Å². The third-order valence-corrected chi connectivity index (χ3v) is 4.87. The van der Waals surface area contributed by atoms with E-state index in [-0.39, 0.29) is 5.91 Å². The molecule has 0 aliphatic carbocycles. The molecule has 0 bridgehead atoms. The van der Waals surface area contributed by atoms with Crippen LogP contribution < -0.4 is 10.1 Å². The maximum atomic E-state index is 12.7. The molecule has 1 amide bonds. The molecule has 0 aliphatic rings. The predicted octanol–water partition coefficient (Wildman–Crippen LogP) is 4.36. The minimum atomic E-state index is -0.166. The van der Waals surface area contributed by atoms with E-state index < -0.39 is 0 Å². The molecule has 3 aromatic carbocycles. The number of methoxy groups -OCH3 is 1. The summed E-state index contributed by atoms with van der Waals surface area (Å²) in [7, 11) is 1.65. The first-order valence-corrected chi connectivity index (χ1v) is 9.38. The van der Waals surface area contributed by atoms with E-state index in [1.54, 1.807) is 19.2 Å². The summed E-state index contributed by atoms with van der Waals surface area (Å²) < 4.78 is 7.09. The summed E-state index contributed by atoms with van der Waals surface area (Å²) in [6, 6.07) is 19.2. The Morgan fingerprint density at radius 1 is 1.07 bits per heavy atom. The van der Waals surface area contributed by atoms with Crippen LogP contribution >= 0.6 is 0 Å². The number of hydrogen-bond donors (Lipinski definition) is 1. The lowest BCUT2D eigenvalue weighted by molar-refractivity contribution is 0.102. The van der Waals surface area contributed by atoms with Crippen molar-refractivity contribution in [2.75, 3.05) is 12.4 Å². The molecule has 6 heteroatoms. The van der Waals surface area contributed by atoms with Crippen LogP contribution in [0.3, 0.4) is 0 Å². The second kappa shape index (κ2) is 7.75. The molecule has 4 rings (SSSR count). The molecule has 0 aliphatic heterocycles. The van der Waals surface area contributed by atoms with Gasteiger partial charge in [0.2, 0.25) is 0 Å². The summed E-state index contributed by atoms with van der Waals surface area (Å²) in [6.45, 7) is 4.58. The largest absolute Gasteiger partial charge is 0.497 e. The van der Waals surface area contributed by atoms with Crippen molar-refractivity contribution in [3.63, 3.8) is 0 Å². The van der Waals surface area contributed by atoms with Gasteiger partial charge in [0.15, 0.2) is 0 Å². The number of hydrogen-bond acceptors (Lipinski definition) is 4. The van der Waals surface area contributed by atoms with E-state index in [4.69, 9.17) is 4.74 Å². The Kier molecular flexibility index (Phi) is 4.99. The molecule has 0 unspecified atom stereocenters. The summed E-state index contributed by atoms with van der Waals surface area (Å²) in [5.41, 5.74) is 6.16. The fraction of sp³-hybridized carbons (Fsp3) is 0.174. The average Bonchev–Trinajstić information content (AvgIpc) is 3.12. The molecule has 4 aromatic rings. The zero-order chi connectivity index (χ0) is 20.4. The highest BCUT2D eigenvalue weighted by atomic mass is 16.5. The van der Waals surface area contributed by atoms with Gasteiger partial charge in [-0.1, -0.05) is 35.0 Å². The molecule has 1 N–H and O–H groups in total. The molecule has 0 radical (unpaired) electrons. The van der Waals surface area contributed by atoms with Gasteiger partial charge in [0.05, 0.1) is 19.2 Å². The number of benzene rings is 3. The zero-order valence-corrected chi connectivity index (χ0v) is 16.6. The van der Waals surface area contributed by atoms with Crippen LogP contribution in [0.4, 0.5) is 5.69 Å². The Morgan fingerprint density at radius 2 is 1.93 bits per heavy atom. The number of aromatic nitrogens is 3. The highest BCUT2D eigenvalue weighted by Gasteiger charge is 2.12. The molecule has 0 fully saturated rings. The number of carbonyl (C=O) groups is 1. The highest BCUT2D eigenvalue weighted by Crippen LogP contribution is 2.20. The second-order valence-electron chi connectivity index (χ2n) is 7.07. The van der Waals surface area contributed by atoms with Crippen molar-refractivity contribution in [2.24, 2.45) is 0 Å². The molecular formula is C23H22N4O2. The van der Waals surface area contributed by atoms with Crippen molar-refractivity contribution < 1.29 is 9.53 Å². The van der Waals surface area contributed by atoms with Crippen molar-refractivity contribution in [1.82, 2.24) is 15.0 Å². The Hall–Kier alpha value is -3.67. The highest BCUT2D eigenvalue weighted by molar-refractivity contribution is 6.06. The summed E-state index contributed by atoms with van der Waals surface area (Å²) in [4.78, 5) is 12.7. The molecule has 6 nitrogen and oxygen atoms in total. The Balaban J connectivity index is 1.56. The van der Waals surface area contributed by atoms with Gasteiger partial charge in [0, 0.05) is 11.3 Å². The smallest absolute Gasteiger partial charge is 0.255 e. The summed E-state index contributed by atoms with van der Waals surface area (Å²) in [5, 5.41) is 11.5. The van der Waals surface area contributed by atoms with Crippen molar-refractivity contribution in [2.45, 2.75) is 20.4 Å². The first kappa shape index (κ1) is 18.7. The first-order chi connectivity index (χ1) is 14.0. The van der Waals surface area contributed by atoms with Crippen LogP contribution in [0, 0.1) is 13.8 Å². The average molecular weight is 386 g/mol. The summed E-state index contributed by atoms with van der Waals surface area (Å²) in [6.07, 6.45) is 0. The van der Waals surface area contributed by atoms with E-state index >= 15 is 0 Å². The number of fused-ring (bicyclic) bond motifs is 1. The van der Waals surface area contributed by atoms with E-state index in [1.807, 2.05) is 67.1 Å². The van der Waals surface area contributed by atoms with Crippen LogP contribution in [-0.4, -0.2) is 28.0 Å². The molecule has 1 aromatic heterocycles. The van der Waals surface area contributed by atoms with E-state index in [0.29, 0.717) is 17.6 Å². The minimum Gasteiger partial charge on any atom is -0.497 e. The lowest BCUT2D eigenvalue weighted by atomic mass is 10.1. The minimum absolute atomic E-state index is 0.166. The number of carbonyl (C=O) groups excluding carboxylic acids is 1. The topological polar surface area (TPSA) is 69.0 Å². The number of amides is 1. The second-order valence-corrected chi connectivity index (χ2v) is 7.07. The van der Waals surface area contributed by atoms with Gasteiger partial charge < -0.3 is 10.1 Å². The number of nitrogens with zero attached hydrogens (tertiary/aromatic N) is 3. The number of rotatable bonds is 5. The molecule has 0 atom stereocenters. The molecule has 146 valence electrons. The van der Waals surface area contributed by atoms with Crippen LogP contribution in [0.5, 0.6) is 5.75 Å². The van der Waals surface area contributed by atoms with Gasteiger partial charge in [-0.15, -0.1) is 5.10 Å². The van der Waals surface area contributed by atoms with Gasteiger partial charge in [0.1, 0.15) is 11.3 Å². The number of aryl methyl sites for hydroxylation is 2. The van der Waals surface area contributed by atoms with Crippen LogP contribution in [0.15, 0.2) is 60.7 Å². The van der Waals surface area contributed by atoms with Crippen LogP contribution in [0.1, 0.15) is 27.0 Å². The Labute approximate surface area is 169 Å². The molecular weight excluding hydrogens is 364 g/mol. The lowest BCUT2D eigenvalue weighted by Crippen LogP contribution is -2.12. The van der Waals surface area contributed by atoms with E-state index in [0.717, 1.165) is 33.6 Å². The van der Waals surface area contributed by atoms with Crippen molar-refractivity contribution in [3.8, 4) is 5.75 Å². The molecule has 29 heavy (non-hydrogen) atoms. The monoisotopic (exact) mass is 386 g/mol. The van der Waals surface area contributed by atoms with Gasteiger partial charge in [-0.3, -0.25) is 4.79 Å². The third kappa shape index (κ3) is 3.96. The first-order valence-electron chi connectivity index (χ1n) is 9.38. The van der Waals surface area contributed by atoms with E-state index in [2.05, 4.69) is 15.6 Å². The fourth-order valence-corrected chi connectivity index (χ4v) is 3.32. The Bertz CT molecular complexity index is 1200. The van der Waals surface area contributed by atoms with Crippen LogP contribution in [-0.2, 0) is 6.54 Å². The van der Waals surface area contributed by atoms with Gasteiger partial charge in [-0.2, -0.15) is 0 Å². The van der Waals surface area contributed by atoms with Gasteiger partial charge >= 0.3 is 0 Å². The zero-order valence-electron chi connectivity index (χ0n) is 16.6. The van der Waals surface area contributed by atoms with Crippen molar-refractivity contribution >= 4 is 22.6 Å². The van der Waals surface area contributed by atoms with Crippen LogP contribution in [0.25, 0.3) is 11.0 Å². The number of anilines is 1. The van der Waals surface area contributed by atoms with Crippen molar-refractivity contribution in [3.05, 3.63) is 82.9 Å². The lowest BCUT2D eigenvalue weighted by Gasteiger charge is -2.09. The van der Waals surface area contributed by atoms with Gasteiger partial charge in [-0.05, 0) is 61.4 Å². The predicted molar refractivity (Wildman–Crippen MR) is 113 cm³/mol. The maximum Gasteiger partial charge on any atom is 0.255 e. The van der Waals surface area contributed by atoms with Gasteiger partial charge in [-0.25, -0.2) is 4.68 Å². The maximum absolute atomic E-state index is 12.7. The molecule has 1 heterocycles. The van der Waals surface area contributed by atoms with E-state index in [1.165, 1.54) is 0 Å². The number of ether oxygens (including phenoxy) is 1. The third-order valence-electron chi connectivity index (χ3n) is 4.87. The van der Waals surface area contributed by atoms with Crippen LogP contribution in [0.2, 0.25) is 0 Å². The normalized spacial score (nSPS) is 10.9. The number of nitrogens with one attached hydrogen (secondary N) is 1. The standard InChI is InChI=1S/C23H22N4O2/c1-15-7-9-20(16(2)11-15)24-23(28)18-8-10-22-21(13-18)25-26-27(22)14-17-5-4-6-19(12-17)29-3/h4-13H,14H2,1-3H3,(H,24,28). The van der Waals surface area contributed by atoms with Gasteiger partial charge in [0.25, 0.3) is 5.91 Å². The summed E-state index contributed by atoms with van der Waals surface area (Å²) >= 11 is 0. The fourth-order valence-electron chi connectivity index (χ4n) is 3.32.